The average Bonchev–Trinajstić information content (AvgIpc) is 2.83. The van der Waals surface area contributed by atoms with Gasteiger partial charge in [0.15, 0.2) is 11.6 Å². The average molecular weight is 480 g/mol. The molecule has 1 heterocycles. The van der Waals surface area contributed by atoms with E-state index in [1.165, 1.54) is 4.31 Å². The molecule has 33 heavy (non-hydrogen) atoms. The van der Waals surface area contributed by atoms with Crippen molar-refractivity contribution in [2.45, 2.75) is 37.6 Å². The number of amides is 1. The van der Waals surface area contributed by atoms with Gasteiger partial charge in [0.1, 0.15) is 0 Å². The maximum absolute atomic E-state index is 13.5. The highest BCUT2D eigenvalue weighted by atomic mass is 32.2. The van der Waals surface area contributed by atoms with E-state index in [0.29, 0.717) is 25.5 Å². The molecule has 6 nitrogen and oxygen atoms in total. The summed E-state index contributed by atoms with van der Waals surface area (Å²) < 4.78 is 53.5. The SMILES string of the molecule is CCN(CC)C(CNC(=O)C1CCN(S(=O)(=O)c2ccc(F)c(F)c2)CC1)c1ccccc1. The highest BCUT2D eigenvalue weighted by Crippen LogP contribution is 2.25. The van der Waals surface area contributed by atoms with Crippen LogP contribution in [0.25, 0.3) is 0 Å². The summed E-state index contributed by atoms with van der Waals surface area (Å²) in [5, 5.41) is 3.06. The van der Waals surface area contributed by atoms with Crippen LogP contribution in [0.15, 0.2) is 53.4 Å². The van der Waals surface area contributed by atoms with Crippen molar-refractivity contribution in [3.05, 3.63) is 65.7 Å². The van der Waals surface area contributed by atoms with Gasteiger partial charge >= 0.3 is 0 Å². The summed E-state index contributed by atoms with van der Waals surface area (Å²) in [6.07, 6.45) is 0.742. The first-order valence-electron chi connectivity index (χ1n) is 11.3. The number of carbonyl (C=O) groups excluding carboxylic acids is 1. The van der Waals surface area contributed by atoms with E-state index in [2.05, 4.69) is 36.2 Å². The molecular weight excluding hydrogens is 448 g/mol. The summed E-state index contributed by atoms with van der Waals surface area (Å²) in [6.45, 7) is 6.65. The van der Waals surface area contributed by atoms with Gasteiger partial charge in [-0.2, -0.15) is 4.31 Å². The fourth-order valence-corrected chi connectivity index (χ4v) is 5.77. The van der Waals surface area contributed by atoms with Crippen molar-refractivity contribution in [3.8, 4) is 0 Å². The maximum Gasteiger partial charge on any atom is 0.243 e. The zero-order valence-corrected chi connectivity index (χ0v) is 19.8. The molecule has 1 fully saturated rings. The number of nitrogens with zero attached hydrogens (tertiary/aromatic N) is 2. The fraction of sp³-hybridized carbons (Fsp3) is 0.458. The Morgan fingerprint density at radius 2 is 1.70 bits per heavy atom. The predicted molar refractivity (Wildman–Crippen MR) is 123 cm³/mol. The van der Waals surface area contributed by atoms with Gasteiger partial charge in [-0.3, -0.25) is 9.69 Å². The number of piperidine rings is 1. The van der Waals surface area contributed by atoms with Crippen LogP contribution < -0.4 is 5.32 Å². The molecule has 0 aromatic heterocycles. The molecular formula is C24H31F2N3O3S. The molecule has 1 atom stereocenters. The minimum Gasteiger partial charge on any atom is -0.354 e. The molecule has 0 spiro atoms. The third kappa shape index (κ3) is 5.96. The second-order valence-corrected chi connectivity index (χ2v) is 10.1. The Balaban J connectivity index is 1.60. The Morgan fingerprint density at radius 1 is 1.06 bits per heavy atom. The van der Waals surface area contributed by atoms with Crippen molar-refractivity contribution < 1.29 is 22.0 Å². The second kappa shape index (κ2) is 11.2. The van der Waals surface area contributed by atoms with Crippen LogP contribution >= 0.6 is 0 Å². The Bertz CT molecular complexity index is 1040. The van der Waals surface area contributed by atoms with Crippen molar-refractivity contribution in [1.82, 2.24) is 14.5 Å². The Hall–Kier alpha value is -2.36. The van der Waals surface area contributed by atoms with Crippen molar-refractivity contribution in [1.29, 1.82) is 0 Å². The number of likely N-dealkylation sites (N-methyl/N-ethyl adjacent to an activating group) is 1. The topological polar surface area (TPSA) is 69.7 Å². The molecule has 1 aliphatic heterocycles. The molecule has 2 aromatic carbocycles. The van der Waals surface area contributed by atoms with E-state index in [1.807, 2.05) is 18.2 Å². The zero-order valence-electron chi connectivity index (χ0n) is 19.0. The summed E-state index contributed by atoms with van der Waals surface area (Å²) >= 11 is 0. The lowest BCUT2D eigenvalue weighted by Gasteiger charge is -2.33. The number of benzene rings is 2. The minimum absolute atomic E-state index is 0.0546. The van der Waals surface area contributed by atoms with Gasteiger partial charge in [-0.15, -0.1) is 0 Å². The minimum atomic E-state index is -3.94. The van der Waals surface area contributed by atoms with Gasteiger partial charge in [-0.25, -0.2) is 17.2 Å². The van der Waals surface area contributed by atoms with Crippen LogP contribution in [0, 0.1) is 17.6 Å². The molecule has 1 amide bonds. The van der Waals surface area contributed by atoms with E-state index in [1.54, 1.807) is 0 Å². The molecule has 9 heteroatoms. The molecule has 0 aliphatic carbocycles. The number of nitrogens with one attached hydrogen (secondary N) is 1. The standard InChI is InChI=1S/C24H31F2N3O3S/c1-3-28(4-2)23(18-8-6-5-7-9-18)17-27-24(30)19-12-14-29(15-13-19)33(31,32)20-10-11-21(25)22(26)16-20/h5-11,16,19,23H,3-4,12-15,17H2,1-2H3,(H,27,30). The summed E-state index contributed by atoms with van der Waals surface area (Å²) in [4.78, 5) is 14.9. The maximum atomic E-state index is 13.5. The number of hydrogen-bond donors (Lipinski definition) is 1. The first kappa shape index (κ1) is 25.3. The molecule has 0 saturated carbocycles. The van der Waals surface area contributed by atoms with E-state index in [9.17, 15) is 22.0 Å². The van der Waals surface area contributed by atoms with Crippen LogP contribution in [0.5, 0.6) is 0 Å². The summed E-state index contributed by atoms with van der Waals surface area (Å²) in [5.41, 5.74) is 1.13. The van der Waals surface area contributed by atoms with E-state index >= 15 is 0 Å². The molecule has 1 unspecified atom stereocenters. The van der Waals surface area contributed by atoms with Gasteiger partial charge < -0.3 is 5.32 Å². The molecule has 1 aliphatic rings. The Morgan fingerprint density at radius 3 is 2.27 bits per heavy atom. The molecule has 1 saturated heterocycles. The van der Waals surface area contributed by atoms with E-state index in [-0.39, 0.29) is 35.9 Å². The van der Waals surface area contributed by atoms with Gasteiger partial charge in [0.2, 0.25) is 15.9 Å². The van der Waals surface area contributed by atoms with Crippen molar-refractivity contribution in [2.75, 3.05) is 32.7 Å². The van der Waals surface area contributed by atoms with Crippen LogP contribution in [0.4, 0.5) is 8.78 Å². The number of halogens is 2. The molecule has 0 bridgehead atoms. The highest BCUT2D eigenvalue weighted by molar-refractivity contribution is 7.89. The number of carbonyl (C=O) groups is 1. The molecule has 2 aromatic rings. The third-order valence-electron chi connectivity index (χ3n) is 6.26. The molecule has 180 valence electrons. The summed E-state index contributed by atoms with van der Waals surface area (Å²) in [5.74, 6) is -2.68. The van der Waals surface area contributed by atoms with Crippen molar-refractivity contribution >= 4 is 15.9 Å². The van der Waals surface area contributed by atoms with E-state index < -0.39 is 21.7 Å². The predicted octanol–water partition coefficient (Wildman–Crippen LogP) is 3.56. The monoisotopic (exact) mass is 479 g/mol. The summed E-state index contributed by atoms with van der Waals surface area (Å²) in [7, 11) is -3.94. The van der Waals surface area contributed by atoms with Crippen LogP contribution in [-0.2, 0) is 14.8 Å². The molecule has 3 rings (SSSR count). The number of rotatable bonds is 9. The van der Waals surface area contributed by atoms with Gasteiger partial charge in [-0.1, -0.05) is 44.2 Å². The number of sulfonamides is 1. The molecule has 0 radical (unpaired) electrons. The first-order valence-corrected chi connectivity index (χ1v) is 12.7. The van der Waals surface area contributed by atoms with Gasteiger partial charge in [0, 0.05) is 25.6 Å². The lowest BCUT2D eigenvalue weighted by molar-refractivity contribution is -0.126. The van der Waals surface area contributed by atoms with Crippen molar-refractivity contribution in [2.24, 2.45) is 5.92 Å². The Labute approximate surface area is 194 Å². The smallest absolute Gasteiger partial charge is 0.243 e. The first-order chi connectivity index (χ1) is 15.8. The van der Waals surface area contributed by atoms with Crippen molar-refractivity contribution in [3.63, 3.8) is 0 Å². The third-order valence-corrected chi connectivity index (χ3v) is 8.16. The fourth-order valence-electron chi connectivity index (χ4n) is 4.28. The molecule has 1 N–H and O–H groups in total. The Kier molecular flexibility index (Phi) is 8.56. The van der Waals surface area contributed by atoms with E-state index in [0.717, 1.165) is 30.8 Å². The summed E-state index contributed by atoms with van der Waals surface area (Å²) in [6, 6.07) is 12.6. The van der Waals surface area contributed by atoms with Crippen LogP contribution in [0.3, 0.4) is 0 Å². The lowest BCUT2D eigenvalue weighted by Crippen LogP contribution is -2.45. The van der Waals surface area contributed by atoms with Crippen LogP contribution in [0.1, 0.15) is 38.3 Å². The highest BCUT2D eigenvalue weighted by Gasteiger charge is 2.33. The second-order valence-electron chi connectivity index (χ2n) is 8.15. The number of hydrogen-bond acceptors (Lipinski definition) is 4. The normalized spacial score (nSPS) is 16.6. The van der Waals surface area contributed by atoms with E-state index in [4.69, 9.17) is 0 Å². The van der Waals surface area contributed by atoms with Gasteiger partial charge in [-0.05, 0) is 49.7 Å². The van der Waals surface area contributed by atoms with Crippen LogP contribution in [0.2, 0.25) is 0 Å². The van der Waals surface area contributed by atoms with Crippen LogP contribution in [-0.4, -0.2) is 56.3 Å². The largest absolute Gasteiger partial charge is 0.354 e. The van der Waals surface area contributed by atoms with Gasteiger partial charge in [0.05, 0.1) is 10.9 Å². The lowest BCUT2D eigenvalue weighted by atomic mass is 9.97. The zero-order chi connectivity index (χ0) is 24.0. The van der Waals surface area contributed by atoms with Gasteiger partial charge in [0.25, 0.3) is 0 Å². The quantitative estimate of drug-likeness (QED) is 0.597.